The van der Waals surface area contributed by atoms with Gasteiger partial charge in [-0.25, -0.2) is 0 Å². The first kappa shape index (κ1) is 21.6. The number of carbonyl (C=O) groups is 2. The third kappa shape index (κ3) is 15.9. The molecule has 0 unspecified atom stereocenters. The van der Waals surface area contributed by atoms with E-state index in [0.29, 0.717) is 26.2 Å². The molecule has 0 aliphatic heterocycles. The Bertz CT molecular complexity index is 247. The van der Waals surface area contributed by atoms with Crippen LogP contribution in [0.2, 0.25) is 0 Å². The fraction of sp³-hybridized carbons (Fsp3) is 0.857. The summed E-state index contributed by atoms with van der Waals surface area (Å²) in [6.45, 7) is 5.97. The van der Waals surface area contributed by atoms with E-state index >= 15 is 0 Å². The second-order valence-electron chi connectivity index (χ2n) is 4.89. The maximum absolute atomic E-state index is 9.99. The van der Waals surface area contributed by atoms with Crippen LogP contribution in [0.4, 0.5) is 0 Å². The Kier molecular flexibility index (Phi) is 16.6. The summed E-state index contributed by atoms with van der Waals surface area (Å²) in [6.07, 6.45) is 1.76. The van der Waals surface area contributed by atoms with Crippen LogP contribution in [-0.2, 0) is 19.1 Å². The summed E-state index contributed by atoms with van der Waals surface area (Å²) < 4.78 is 9.32. The molecule has 0 aromatic heterocycles. The van der Waals surface area contributed by atoms with E-state index < -0.39 is 0 Å². The highest BCUT2D eigenvalue weighted by atomic mass is 33.1. The van der Waals surface area contributed by atoms with Gasteiger partial charge in [0.05, 0.1) is 13.2 Å². The first-order valence-corrected chi connectivity index (χ1v) is 9.91. The van der Waals surface area contributed by atoms with Crippen molar-refractivity contribution in [2.45, 2.75) is 12.8 Å². The Balaban J connectivity index is 3.27. The minimum absolute atomic E-state index is 0.499. The minimum atomic E-state index is 0.499. The average molecular weight is 353 g/mol. The van der Waals surface area contributed by atoms with Crippen LogP contribution >= 0.6 is 21.6 Å². The predicted octanol–water partition coefficient (Wildman–Crippen LogP) is 1.36. The number of rotatable bonds is 17. The first-order valence-electron chi connectivity index (χ1n) is 7.42. The number of carbonyl (C=O) groups excluding carboxylic acids is 2. The van der Waals surface area contributed by atoms with Crippen molar-refractivity contribution in [3.05, 3.63) is 0 Å². The van der Waals surface area contributed by atoms with E-state index in [0.717, 1.165) is 50.5 Å². The number of ether oxygens (including phenoxy) is 2. The Morgan fingerprint density at radius 3 is 1.55 bits per heavy atom. The molecule has 0 saturated heterocycles. The van der Waals surface area contributed by atoms with Crippen molar-refractivity contribution in [1.29, 1.82) is 0 Å². The molecule has 0 radical (unpaired) electrons. The molecule has 0 heterocycles. The Hall–Kier alpha value is -0.440. The van der Waals surface area contributed by atoms with Gasteiger partial charge in [0.25, 0.3) is 12.9 Å². The lowest BCUT2D eigenvalue weighted by Gasteiger charge is -2.17. The summed E-state index contributed by atoms with van der Waals surface area (Å²) in [4.78, 5) is 24.5. The lowest BCUT2D eigenvalue weighted by Crippen LogP contribution is -2.24. The zero-order chi connectivity index (χ0) is 16.5. The summed E-state index contributed by atoms with van der Waals surface area (Å²) in [5.41, 5.74) is 0. The maximum atomic E-state index is 9.99. The molecule has 0 bridgehead atoms. The van der Waals surface area contributed by atoms with Crippen LogP contribution in [-0.4, -0.2) is 87.7 Å². The van der Waals surface area contributed by atoms with Crippen molar-refractivity contribution in [3.8, 4) is 0 Å². The van der Waals surface area contributed by atoms with Gasteiger partial charge in [-0.05, 0) is 26.9 Å². The van der Waals surface area contributed by atoms with Crippen LogP contribution in [0.15, 0.2) is 0 Å². The van der Waals surface area contributed by atoms with E-state index in [2.05, 4.69) is 33.4 Å². The predicted molar refractivity (Wildman–Crippen MR) is 93.2 cm³/mol. The van der Waals surface area contributed by atoms with Crippen LogP contribution in [0, 0.1) is 0 Å². The lowest BCUT2D eigenvalue weighted by atomic mass is 10.4. The molecule has 6 nitrogen and oxygen atoms in total. The Labute approximate surface area is 141 Å². The quantitative estimate of drug-likeness (QED) is 0.221. The highest BCUT2D eigenvalue weighted by Crippen LogP contribution is 2.20. The van der Waals surface area contributed by atoms with Gasteiger partial charge in [0, 0.05) is 37.7 Å². The molecule has 0 aliphatic carbocycles. The van der Waals surface area contributed by atoms with Crippen molar-refractivity contribution >= 4 is 34.5 Å². The van der Waals surface area contributed by atoms with Gasteiger partial charge < -0.3 is 19.3 Å². The molecule has 0 spiro atoms. The summed E-state index contributed by atoms with van der Waals surface area (Å²) in [7, 11) is 7.95. The largest absolute Gasteiger partial charge is 0.468 e. The molecule has 0 aromatic carbocycles. The molecule has 0 aromatic rings. The molecular weight excluding hydrogens is 324 g/mol. The molecule has 22 heavy (non-hydrogen) atoms. The van der Waals surface area contributed by atoms with Crippen LogP contribution in [0.1, 0.15) is 12.8 Å². The number of nitrogens with zero attached hydrogens (tertiary/aromatic N) is 2. The van der Waals surface area contributed by atoms with Crippen molar-refractivity contribution < 1.29 is 19.1 Å². The normalized spacial score (nSPS) is 10.9. The van der Waals surface area contributed by atoms with Gasteiger partial charge in [0.15, 0.2) is 0 Å². The Morgan fingerprint density at radius 1 is 0.773 bits per heavy atom. The molecular formula is C14H28N2O4S2. The molecule has 0 amide bonds. The first-order chi connectivity index (χ1) is 10.7. The van der Waals surface area contributed by atoms with E-state index in [-0.39, 0.29) is 0 Å². The van der Waals surface area contributed by atoms with Crippen molar-refractivity contribution in [1.82, 2.24) is 9.80 Å². The molecule has 0 N–H and O–H groups in total. The third-order valence-corrected chi connectivity index (χ3v) is 5.30. The second kappa shape index (κ2) is 16.9. The van der Waals surface area contributed by atoms with E-state index in [1.807, 2.05) is 21.6 Å². The van der Waals surface area contributed by atoms with Gasteiger partial charge in [-0.15, -0.1) is 0 Å². The Morgan fingerprint density at radius 2 is 1.18 bits per heavy atom. The van der Waals surface area contributed by atoms with E-state index in [4.69, 9.17) is 0 Å². The lowest BCUT2D eigenvalue weighted by molar-refractivity contribution is -0.129. The zero-order valence-corrected chi connectivity index (χ0v) is 15.2. The van der Waals surface area contributed by atoms with Crippen LogP contribution < -0.4 is 0 Å². The second-order valence-corrected chi connectivity index (χ2v) is 7.59. The number of hydrogen-bond donors (Lipinski definition) is 0. The molecule has 0 saturated carbocycles. The molecule has 0 fully saturated rings. The zero-order valence-electron chi connectivity index (χ0n) is 13.6. The van der Waals surface area contributed by atoms with Gasteiger partial charge in [-0.2, -0.15) is 0 Å². The highest BCUT2D eigenvalue weighted by molar-refractivity contribution is 8.76. The third-order valence-electron chi connectivity index (χ3n) is 2.94. The monoisotopic (exact) mass is 352 g/mol. The fourth-order valence-corrected chi connectivity index (χ4v) is 3.82. The summed E-state index contributed by atoms with van der Waals surface area (Å²) >= 11 is 0. The van der Waals surface area contributed by atoms with Crippen molar-refractivity contribution in [2.75, 3.05) is 65.0 Å². The average Bonchev–Trinajstić information content (AvgIpc) is 2.51. The van der Waals surface area contributed by atoms with Crippen molar-refractivity contribution in [3.63, 3.8) is 0 Å². The maximum Gasteiger partial charge on any atom is 0.293 e. The highest BCUT2D eigenvalue weighted by Gasteiger charge is 2.01. The molecule has 0 atom stereocenters. The molecule has 130 valence electrons. The van der Waals surface area contributed by atoms with E-state index in [1.54, 1.807) is 0 Å². The van der Waals surface area contributed by atoms with Crippen LogP contribution in [0.5, 0.6) is 0 Å². The van der Waals surface area contributed by atoms with Gasteiger partial charge in [-0.3, -0.25) is 9.59 Å². The van der Waals surface area contributed by atoms with Gasteiger partial charge in [0.1, 0.15) is 0 Å². The van der Waals surface area contributed by atoms with Gasteiger partial charge in [0.2, 0.25) is 0 Å². The smallest absolute Gasteiger partial charge is 0.293 e. The van der Waals surface area contributed by atoms with Gasteiger partial charge in [-0.1, -0.05) is 21.6 Å². The molecule has 0 rings (SSSR count). The topological polar surface area (TPSA) is 59.1 Å². The number of hydrogen-bond acceptors (Lipinski definition) is 8. The summed E-state index contributed by atoms with van der Waals surface area (Å²) in [5.74, 6) is 2.18. The summed E-state index contributed by atoms with van der Waals surface area (Å²) in [6, 6.07) is 0. The van der Waals surface area contributed by atoms with E-state index in [1.165, 1.54) is 0 Å². The molecule has 0 aliphatic rings. The summed E-state index contributed by atoms with van der Waals surface area (Å²) in [5, 5.41) is 0. The van der Waals surface area contributed by atoms with Crippen molar-refractivity contribution in [2.24, 2.45) is 0 Å². The van der Waals surface area contributed by atoms with E-state index in [9.17, 15) is 9.59 Å². The SMILES string of the molecule is CN(CCCOC=O)CCSSCCN(C)CCCOC=O. The van der Waals surface area contributed by atoms with Gasteiger partial charge >= 0.3 is 0 Å². The standard InChI is InChI=1S/C14H28N2O4S2/c1-15(5-3-9-19-13-17)7-11-21-22-12-8-16(2)6-4-10-20-14-18/h13-14H,3-12H2,1-2H3. The minimum Gasteiger partial charge on any atom is -0.468 e. The fourth-order valence-electron chi connectivity index (χ4n) is 1.66. The van der Waals surface area contributed by atoms with Crippen LogP contribution in [0.3, 0.4) is 0 Å². The van der Waals surface area contributed by atoms with Crippen LogP contribution in [0.25, 0.3) is 0 Å². The molecule has 8 heteroatoms.